The van der Waals surface area contributed by atoms with Gasteiger partial charge in [-0.05, 0) is 19.3 Å². The van der Waals surface area contributed by atoms with Crippen LogP contribution in [-0.2, 0) is 38.2 Å². The van der Waals surface area contributed by atoms with E-state index < -0.39 is 84.9 Å². The number of rotatable bonds is 17. The Hall–Kier alpha value is -3.26. The molecule has 0 aliphatic rings. The van der Waals surface area contributed by atoms with E-state index in [9.17, 15) is 39.0 Å². The number of carbonyl (C=O) groups excluding carboxylic acids is 2. The monoisotopic (exact) mass is 494 g/mol. The first-order valence-electron chi connectivity index (χ1n) is 10.3. The van der Waals surface area contributed by atoms with E-state index in [1.807, 2.05) is 0 Å². The van der Waals surface area contributed by atoms with E-state index in [1.165, 1.54) is 6.92 Å². The standard InChI is InChI=1S/C20H30O14/c1-3-5-6-18(4-2,34-15(26)10-20(32,17(29)30)8-13(23)24)11-33-14(25)9-19(31,16(27)28)7-12(21)22/h31-32H,3-11H2,1-2H3,(H,21,22)(H,23,24)(H,27,28)(H,29,30). The Morgan fingerprint density at radius 2 is 1.15 bits per heavy atom. The van der Waals surface area contributed by atoms with Gasteiger partial charge in [-0.25, -0.2) is 9.59 Å². The maximum atomic E-state index is 12.4. The summed E-state index contributed by atoms with van der Waals surface area (Å²) in [6.45, 7) is 2.68. The number of carboxylic acids is 4. The summed E-state index contributed by atoms with van der Waals surface area (Å²) < 4.78 is 10.3. The Balaban J connectivity index is 5.56. The van der Waals surface area contributed by atoms with E-state index in [4.69, 9.17) is 29.9 Å². The van der Waals surface area contributed by atoms with Crippen LogP contribution in [0.5, 0.6) is 0 Å². The number of aliphatic hydroxyl groups is 2. The molecule has 0 fully saturated rings. The minimum atomic E-state index is -2.95. The SMILES string of the molecule is CCCCC(CC)(COC(=O)CC(O)(CC(=O)O)C(=O)O)OC(=O)CC(O)(CC(=O)O)C(=O)O. The first-order chi connectivity index (χ1) is 15.5. The number of hydrogen-bond donors (Lipinski definition) is 6. The van der Waals surface area contributed by atoms with E-state index >= 15 is 0 Å². The highest BCUT2D eigenvalue weighted by atomic mass is 16.6. The maximum Gasteiger partial charge on any atom is 0.336 e. The van der Waals surface area contributed by atoms with Crippen molar-refractivity contribution in [1.29, 1.82) is 0 Å². The Bertz CT molecular complexity index is 792. The summed E-state index contributed by atoms with van der Waals surface area (Å²) in [6.07, 6.45) is -3.83. The fraction of sp³-hybridized carbons (Fsp3) is 0.700. The molecule has 3 atom stereocenters. The smallest absolute Gasteiger partial charge is 0.336 e. The van der Waals surface area contributed by atoms with Gasteiger partial charge in [0.2, 0.25) is 0 Å². The van der Waals surface area contributed by atoms with Gasteiger partial charge in [0.1, 0.15) is 12.2 Å². The molecule has 0 aromatic heterocycles. The number of aliphatic carboxylic acids is 4. The molecule has 0 radical (unpaired) electrons. The lowest BCUT2D eigenvalue weighted by Crippen LogP contribution is -2.47. The van der Waals surface area contributed by atoms with E-state index in [1.54, 1.807) is 6.92 Å². The lowest BCUT2D eigenvalue weighted by molar-refractivity contribution is -0.187. The van der Waals surface area contributed by atoms with Gasteiger partial charge in [0.05, 0.1) is 25.7 Å². The summed E-state index contributed by atoms with van der Waals surface area (Å²) in [4.78, 5) is 68.7. The van der Waals surface area contributed by atoms with Crippen molar-refractivity contribution in [2.75, 3.05) is 6.61 Å². The third kappa shape index (κ3) is 9.70. The highest BCUT2D eigenvalue weighted by molar-refractivity contribution is 5.89. The third-order valence-electron chi connectivity index (χ3n) is 5.01. The van der Waals surface area contributed by atoms with Gasteiger partial charge in [-0.15, -0.1) is 0 Å². The van der Waals surface area contributed by atoms with Gasteiger partial charge in [-0.2, -0.15) is 0 Å². The van der Waals surface area contributed by atoms with Crippen LogP contribution in [0.1, 0.15) is 65.2 Å². The number of ether oxygens (including phenoxy) is 2. The second-order valence-corrected chi connectivity index (χ2v) is 7.94. The largest absolute Gasteiger partial charge is 0.481 e. The van der Waals surface area contributed by atoms with Crippen molar-refractivity contribution in [3.63, 3.8) is 0 Å². The topological polar surface area (TPSA) is 242 Å². The van der Waals surface area contributed by atoms with Crippen LogP contribution in [0.25, 0.3) is 0 Å². The van der Waals surface area contributed by atoms with Gasteiger partial charge in [0.25, 0.3) is 0 Å². The minimum absolute atomic E-state index is 0.0226. The molecule has 194 valence electrons. The zero-order valence-corrected chi connectivity index (χ0v) is 18.8. The number of unbranched alkanes of at least 4 members (excludes halogenated alkanes) is 1. The van der Waals surface area contributed by atoms with E-state index in [0.717, 1.165) is 0 Å². The number of esters is 2. The van der Waals surface area contributed by atoms with Crippen LogP contribution >= 0.6 is 0 Å². The Morgan fingerprint density at radius 3 is 1.50 bits per heavy atom. The molecule has 0 amide bonds. The molecule has 0 aliphatic heterocycles. The summed E-state index contributed by atoms with van der Waals surface area (Å²) >= 11 is 0. The van der Waals surface area contributed by atoms with Crippen molar-refractivity contribution in [1.82, 2.24) is 0 Å². The van der Waals surface area contributed by atoms with Gasteiger partial charge in [0.15, 0.2) is 11.2 Å². The minimum Gasteiger partial charge on any atom is -0.481 e. The average Bonchev–Trinajstić information content (AvgIpc) is 2.68. The van der Waals surface area contributed by atoms with Crippen LogP contribution in [0.15, 0.2) is 0 Å². The molecular weight excluding hydrogens is 464 g/mol. The molecule has 0 aromatic rings. The van der Waals surface area contributed by atoms with Gasteiger partial charge in [-0.1, -0.05) is 20.3 Å². The Morgan fingerprint density at radius 1 is 0.706 bits per heavy atom. The average molecular weight is 494 g/mol. The molecule has 34 heavy (non-hydrogen) atoms. The van der Waals surface area contributed by atoms with Gasteiger partial charge in [-0.3, -0.25) is 19.2 Å². The molecule has 0 aromatic carbocycles. The molecular formula is C20H30O14. The molecule has 0 rings (SSSR count). The van der Waals surface area contributed by atoms with Crippen molar-refractivity contribution in [3.05, 3.63) is 0 Å². The van der Waals surface area contributed by atoms with Gasteiger partial charge < -0.3 is 40.1 Å². The highest BCUT2D eigenvalue weighted by Crippen LogP contribution is 2.28. The zero-order valence-electron chi connectivity index (χ0n) is 18.8. The van der Waals surface area contributed by atoms with Crippen molar-refractivity contribution < 1.29 is 68.9 Å². The first-order valence-corrected chi connectivity index (χ1v) is 10.3. The Labute approximate surface area is 194 Å². The summed E-state index contributed by atoms with van der Waals surface area (Å²) in [6, 6.07) is 0. The predicted molar refractivity (Wildman–Crippen MR) is 109 cm³/mol. The van der Waals surface area contributed by atoms with Crippen molar-refractivity contribution in [3.8, 4) is 0 Å². The van der Waals surface area contributed by atoms with Gasteiger partial charge >= 0.3 is 35.8 Å². The second kappa shape index (κ2) is 12.8. The third-order valence-corrected chi connectivity index (χ3v) is 5.01. The van der Waals surface area contributed by atoms with Gasteiger partial charge in [0, 0.05) is 0 Å². The van der Waals surface area contributed by atoms with Crippen LogP contribution in [0.3, 0.4) is 0 Å². The quantitative estimate of drug-likeness (QED) is 0.143. The molecule has 6 N–H and O–H groups in total. The Kier molecular flexibility index (Phi) is 11.6. The number of hydrogen-bond acceptors (Lipinski definition) is 10. The first kappa shape index (κ1) is 30.7. The zero-order chi connectivity index (χ0) is 26.7. The maximum absolute atomic E-state index is 12.4. The normalized spacial score (nSPS) is 16.2. The lowest BCUT2D eigenvalue weighted by atomic mass is 9.92. The van der Waals surface area contributed by atoms with Crippen LogP contribution in [0.2, 0.25) is 0 Å². The fourth-order valence-electron chi connectivity index (χ4n) is 2.95. The summed E-state index contributed by atoms with van der Waals surface area (Å²) in [5.74, 6) is -9.85. The van der Waals surface area contributed by atoms with Crippen LogP contribution < -0.4 is 0 Å². The van der Waals surface area contributed by atoms with Crippen molar-refractivity contribution in [2.45, 2.75) is 82.0 Å². The number of carbonyl (C=O) groups is 6. The molecule has 0 heterocycles. The highest BCUT2D eigenvalue weighted by Gasteiger charge is 2.45. The molecule has 0 spiro atoms. The predicted octanol–water partition coefficient (Wildman–Crippen LogP) is -0.227. The molecule has 14 heteroatoms. The summed E-state index contributed by atoms with van der Waals surface area (Å²) in [7, 11) is 0. The van der Waals surface area contributed by atoms with Crippen molar-refractivity contribution in [2.24, 2.45) is 0 Å². The fourth-order valence-corrected chi connectivity index (χ4v) is 2.95. The molecule has 0 saturated carbocycles. The summed E-state index contributed by atoms with van der Waals surface area (Å²) in [5, 5.41) is 55.7. The van der Waals surface area contributed by atoms with E-state index in [-0.39, 0.29) is 12.8 Å². The van der Waals surface area contributed by atoms with E-state index in [0.29, 0.717) is 12.8 Å². The summed E-state index contributed by atoms with van der Waals surface area (Å²) in [5.41, 5.74) is -7.43. The van der Waals surface area contributed by atoms with Crippen LogP contribution in [-0.4, -0.2) is 89.9 Å². The molecule has 14 nitrogen and oxygen atoms in total. The number of carboxylic acid groups (broad SMARTS) is 4. The van der Waals surface area contributed by atoms with Crippen LogP contribution in [0.4, 0.5) is 0 Å². The van der Waals surface area contributed by atoms with Crippen LogP contribution in [0, 0.1) is 0 Å². The second-order valence-electron chi connectivity index (χ2n) is 7.94. The molecule has 0 bridgehead atoms. The van der Waals surface area contributed by atoms with E-state index in [2.05, 4.69) is 0 Å². The lowest BCUT2D eigenvalue weighted by Gasteiger charge is -2.33. The van der Waals surface area contributed by atoms with Crippen molar-refractivity contribution >= 4 is 35.8 Å². The molecule has 3 unspecified atom stereocenters. The molecule has 0 aliphatic carbocycles. The molecule has 0 saturated heterocycles.